The molecule has 0 aliphatic rings. The number of aryl methyl sites for hydroxylation is 1. The second-order valence-corrected chi connectivity index (χ2v) is 6.62. The molecule has 0 aliphatic heterocycles. The number of allylic oxidation sites excluding steroid dienone is 1. The molecule has 0 N–H and O–H groups in total. The van der Waals surface area contributed by atoms with Crippen LogP contribution in [0, 0.1) is 28.4 Å². The SMILES string of the molecule is Cc1ccc(Sc2ccc(/C=C(/C#N)c3ccc([N+](=O)[O-])cc3)o2)cc1. The van der Waals surface area contributed by atoms with E-state index in [4.69, 9.17) is 4.42 Å². The van der Waals surface area contributed by atoms with Crippen molar-refractivity contribution in [3.05, 3.63) is 87.7 Å². The minimum atomic E-state index is -0.472. The van der Waals surface area contributed by atoms with Crippen molar-refractivity contribution < 1.29 is 9.34 Å². The Bertz CT molecular complexity index is 997. The summed E-state index contributed by atoms with van der Waals surface area (Å²) in [5, 5.41) is 20.8. The largest absolute Gasteiger partial charge is 0.450 e. The van der Waals surface area contributed by atoms with Crippen LogP contribution in [0.4, 0.5) is 5.69 Å². The molecular weight excluding hydrogens is 348 g/mol. The zero-order valence-electron chi connectivity index (χ0n) is 13.9. The van der Waals surface area contributed by atoms with Crippen LogP contribution in [0.15, 0.2) is 75.1 Å². The number of nitro benzene ring substituents is 1. The molecule has 0 spiro atoms. The van der Waals surface area contributed by atoms with Gasteiger partial charge in [0.15, 0.2) is 5.09 Å². The van der Waals surface area contributed by atoms with Gasteiger partial charge in [0.2, 0.25) is 0 Å². The maximum Gasteiger partial charge on any atom is 0.269 e. The van der Waals surface area contributed by atoms with Crippen molar-refractivity contribution in [1.29, 1.82) is 5.26 Å². The molecule has 128 valence electrons. The van der Waals surface area contributed by atoms with Crippen LogP contribution in [-0.4, -0.2) is 4.92 Å². The van der Waals surface area contributed by atoms with Crippen LogP contribution >= 0.6 is 11.8 Å². The van der Waals surface area contributed by atoms with Gasteiger partial charge in [0.25, 0.3) is 5.69 Å². The van der Waals surface area contributed by atoms with Gasteiger partial charge in [-0.3, -0.25) is 10.1 Å². The van der Waals surface area contributed by atoms with Crippen molar-refractivity contribution in [1.82, 2.24) is 0 Å². The van der Waals surface area contributed by atoms with Crippen molar-refractivity contribution in [2.45, 2.75) is 16.9 Å². The number of nitriles is 1. The van der Waals surface area contributed by atoms with E-state index in [9.17, 15) is 15.4 Å². The molecule has 1 heterocycles. The summed E-state index contributed by atoms with van der Waals surface area (Å²) in [7, 11) is 0. The third-order valence-electron chi connectivity index (χ3n) is 3.64. The molecule has 0 radical (unpaired) electrons. The lowest BCUT2D eigenvalue weighted by Gasteiger charge is -1.99. The molecule has 0 unspecified atom stereocenters. The summed E-state index contributed by atoms with van der Waals surface area (Å²) in [5.41, 5.74) is 2.16. The molecule has 0 bridgehead atoms. The standard InChI is InChI=1S/C20H14N2O3S/c1-14-2-9-19(10-3-14)26-20-11-8-18(25-20)12-16(13-21)15-4-6-17(7-5-15)22(23)24/h2-12H,1H3/b16-12-. The normalized spacial score (nSPS) is 11.2. The van der Waals surface area contributed by atoms with E-state index in [1.54, 1.807) is 24.3 Å². The van der Waals surface area contributed by atoms with E-state index >= 15 is 0 Å². The Morgan fingerprint density at radius 2 is 1.81 bits per heavy atom. The average molecular weight is 362 g/mol. The highest BCUT2D eigenvalue weighted by Gasteiger charge is 2.09. The Kier molecular flexibility index (Phi) is 5.20. The van der Waals surface area contributed by atoms with Gasteiger partial charge in [-0.15, -0.1) is 0 Å². The summed E-state index contributed by atoms with van der Waals surface area (Å²) in [6, 6.07) is 19.7. The molecule has 5 nitrogen and oxygen atoms in total. The second-order valence-electron chi connectivity index (χ2n) is 5.55. The van der Waals surface area contributed by atoms with Gasteiger partial charge in [-0.1, -0.05) is 29.5 Å². The molecule has 0 aliphatic carbocycles. The van der Waals surface area contributed by atoms with Gasteiger partial charge in [-0.2, -0.15) is 5.26 Å². The van der Waals surface area contributed by atoms with Crippen LogP contribution < -0.4 is 0 Å². The fourth-order valence-corrected chi connectivity index (χ4v) is 3.05. The first-order valence-electron chi connectivity index (χ1n) is 7.76. The van der Waals surface area contributed by atoms with E-state index in [1.165, 1.54) is 29.5 Å². The quantitative estimate of drug-likeness (QED) is 0.330. The number of nitro groups is 1. The molecule has 2 aromatic carbocycles. The van der Waals surface area contributed by atoms with Gasteiger partial charge in [0.05, 0.1) is 16.6 Å². The van der Waals surface area contributed by atoms with Crippen molar-refractivity contribution >= 4 is 29.1 Å². The summed E-state index contributed by atoms with van der Waals surface area (Å²) < 4.78 is 5.76. The maximum atomic E-state index is 10.7. The Labute approximate surface area is 154 Å². The molecule has 0 fully saturated rings. The first-order valence-corrected chi connectivity index (χ1v) is 8.58. The fourth-order valence-electron chi connectivity index (χ4n) is 2.27. The number of non-ortho nitro benzene ring substituents is 1. The van der Waals surface area contributed by atoms with Crippen LogP contribution in [0.25, 0.3) is 11.6 Å². The predicted molar refractivity (Wildman–Crippen MR) is 101 cm³/mol. The number of furan rings is 1. The number of nitrogens with zero attached hydrogens (tertiary/aromatic N) is 2. The van der Waals surface area contributed by atoms with Crippen molar-refractivity contribution in [2.75, 3.05) is 0 Å². The van der Waals surface area contributed by atoms with Gasteiger partial charge in [-0.05, 0) is 55.0 Å². The summed E-state index contributed by atoms with van der Waals surface area (Å²) in [6.07, 6.45) is 1.63. The lowest BCUT2D eigenvalue weighted by molar-refractivity contribution is -0.384. The van der Waals surface area contributed by atoms with Gasteiger partial charge in [-0.25, -0.2) is 0 Å². The molecule has 1 aromatic heterocycles. The van der Waals surface area contributed by atoms with Crippen LogP contribution in [0.2, 0.25) is 0 Å². The molecule has 0 saturated heterocycles. The molecular formula is C20H14N2O3S. The predicted octanol–water partition coefficient (Wildman–Crippen LogP) is 5.71. The highest BCUT2D eigenvalue weighted by Crippen LogP contribution is 2.30. The van der Waals surface area contributed by atoms with E-state index in [0.29, 0.717) is 16.9 Å². The summed E-state index contributed by atoms with van der Waals surface area (Å²) >= 11 is 1.50. The summed E-state index contributed by atoms with van der Waals surface area (Å²) in [5.74, 6) is 0.550. The third-order valence-corrected chi connectivity index (χ3v) is 4.57. The van der Waals surface area contributed by atoms with E-state index in [-0.39, 0.29) is 5.69 Å². The topological polar surface area (TPSA) is 80.1 Å². The monoisotopic (exact) mass is 362 g/mol. The van der Waals surface area contributed by atoms with Crippen LogP contribution in [0.1, 0.15) is 16.9 Å². The van der Waals surface area contributed by atoms with E-state index < -0.39 is 4.92 Å². The Balaban J connectivity index is 1.79. The lowest BCUT2D eigenvalue weighted by Crippen LogP contribution is -1.88. The van der Waals surface area contributed by atoms with Gasteiger partial charge < -0.3 is 4.42 Å². The van der Waals surface area contributed by atoms with Gasteiger partial charge in [0.1, 0.15) is 5.76 Å². The van der Waals surface area contributed by atoms with Crippen LogP contribution in [0.3, 0.4) is 0 Å². The Hall–Kier alpha value is -3.30. The van der Waals surface area contributed by atoms with Crippen molar-refractivity contribution in [3.8, 4) is 6.07 Å². The van der Waals surface area contributed by atoms with Gasteiger partial charge >= 0.3 is 0 Å². The molecule has 0 amide bonds. The van der Waals surface area contributed by atoms with E-state index in [1.807, 2.05) is 37.3 Å². The minimum absolute atomic E-state index is 0.0131. The molecule has 6 heteroatoms. The van der Waals surface area contributed by atoms with Crippen LogP contribution in [0.5, 0.6) is 0 Å². The summed E-state index contributed by atoms with van der Waals surface area (Å²) in [4.78, 5) is 11.3. The highest BCUT2D eigenvalue weighted by atomic mass is 32.2. The van der Waals surface area contributed by atoms with Gasteiger partial charge in [0, 0.05) is 17.0 Å². The number of rotatable bonds is 5. The molecule has 3 rings (SSSR count). The average Bonchev–Trinajstić information content (AvgIpc) is 3.09. The number of benzene rings is 2. The minimum Gasteiger partial charge on any atom is -0.450 e. The zero-order chi connectivity index (χ0) is 18.5. The highest BCUT2D eigenvalue weighted by molar-refractivity contribution is 7.99. The molecule has 3 aromatic rings. The number of hydrogen-bond donors (Lipinski definition) is 0. The fraction of sp³-hybridized carbons (Fsp3) is 0.0500. The molecule has 26 heavy (non-hydrogen) atoms. The third kappa shape index (κ3) is 4.21. The van der Waals surface area contributed by atoms with Crippen molar-refractivity contribution in [3.63, 3.8) is 0 Å². The lowest BCUT2D eigenvalue weighted by atomic mass is 10.1. The van der Waals surface area contributed by atoms with Crippen molar-refractivity contribution in [2.24, 2.45) is 0 Å². The Morgan fingerprint density at radius 1 is 1.12 bits per heavy atom. The first-order chi connectivity index (χ1) is 12.5. The molecule has 0 atom stereocenters. The second kappa shape index (κ2) is 7.72. The zero-order valence-corrected chi connectivity index (χ0v) is 14.7. The molecule has 0 saturated carbocycles. The van der Waals surface area contributed by atoms with E-state index in [2.05, 4.69) is 6.07 Å². The summed E-state index contributed by atoms with van der Waals surface area (Å²) in [6.45, 7) is 2.03. The van der Waals surface area contributed by atoms with E-state index in [0.717, 1.165) is 9.99 Å². The number of hydrogen-bond acceptors (Lipinski definition) is 5. The van der Waals surface area contributed by atoms with Crippen LogP contribution in [-0.2, 0) is 0 Å². The first kappa shape index (κ1) is 17.5. The Morgan fingerprint density at radius 3 is 2.42 bits per heavy atom. The maximum absolute atomic E-state index is 10.7. The smallest absolute Gasteiger partial charge is 0.269 e.